The van der Waals surface area contributed by atoms with Crippen molar-refractivity contribution < 1.29 is 9.13 Å². The summed E-state index contributed by atoms with van der Waals surface area (Å²) in [5, 5.41) is 0.848. The Labute approximate surface area is 122 Å². The Morgan fingerprint density at radius 2 is 2.16 bits per heavy atom. The van der Waals surface area contributed by atoms with Gasteiger partial charge in [0.2, 0.25) is 0 Å². The maximum Gasteiger partial charge on any atom is 0.123 e. The summed E-state index contributed by atoms with van der Waals surface area (Å²) < 4.78 is 18.8. The van der Waals surface area contributed by atoms with Crippen molar-refractivity contribution in [3.63, 3.8) is 0 Å². The fourth-order valence-electron chi connectivity index (χ4n) is 2.41. The van der Waals surface area contributed by atoms with Crippen molar-refractivity contribution in [1.82, 2.24) is 0 Å². The van der Waals surface area contributed by atoms with Crippen LogP contribution >= 0.6 is 23.5 Å². The first kappa shape index (κ1) is 15.0. The van der Waals surface area contributed by atoms with E-state index < -0.39 is 0 Å². The lowest BCUT2D eigenvalue weighted by molar-refractivity contribution is 0.403. The Balaban J connectivity index is 2.26. The Bertz CT molecular complexity index is 430. The molecule has 2 nitrogen and oxygen atoms in total. The second kappa shape index (κ2) is 6.86. The Hall–Kier alpha value is -0.390. The van der Waals surface area contributed by atoms with E-state index in [4.69, 9.17) is 10.5 Å². The highest BCUT2D eigenvalue weighted by Gasteiger charge is 2.32. The number of thioether (sulfide) groups is 2. The van der Waals surface area contributed by atoms with Crippen LogP contribution in [0.25, 0.3) is 0 Å². The molecule has 0 aromatic heterocycles. The average molecular weight is 301 g/mol. The second-order valence-corrected chi connectivity index (χ2v) is 7.20. The number of methoxy groups -OCH3 is 1. The molecule has 0 spiro atoms. The molecule has 1 aromatic rings. The van der Waals surface area contributed by atoms with Crippen molar-refractivity contribution in [2.75, 3.05) is 18.6 Å². The summed E-state index contributed by atoms with van der Waals surface area (Å²) in [7, 11) is 1.60. The van der Waals surface area contributed by atoms with Crippen molar-refractivity contribution in [3.8, 4) is 5.75 Å². The minimum absolute atomic E-state index is 0.187. The molecule has 106 valence electrons. The van der Waals surface area contributed by atoms with E-state index >= 15 is 0 Å². The van der Waals surface area contributed by atoms with Gasteiger partial charge < -0.3 is 10.5 Å². The molecule has 0 saturated carbocycles. The molecule has 0 radical (unpaired) electrons. The minimum atomic E-state index is -0.257. The average Bonchev–Trinajstić information content (AvgIpc) is 2.46. The highest BCUT2D eigenvalue weighted by Crippen LogP contribution is 2.41. The smallest absolute Gasteiger partial charge is 0.123 e. The molecule has 1 heterocycles. The van der Waals surface area contributed by atoms with Crippen LogP contribution in [-0.2, 0) is 0 Å². The highest BCUT2D eigenvalue weighted by atomic mass is 32.2. The van der Waals surface area contributed by atoms with Crippen molar-refractivity contribution in [2.24, 2.45) is 5.73 Å². The zero-order valence-electron chi connectivity index (χ0n) is 11.3. The fraction of sp³-hybridized carbons (Fsp3) is 0.571. The number of rotatable bonds is 4. The van der Waals surface area contributed by atoms with Gasteiger partial charge in [0, 0.05) is 33.6 Å². The number of ether oxygens (including phenoxy) is 1. The third-order valence-corrected chi connectivity index (χ3v) is 6.77. The lowest BCUT2D eigenvalue weighted by Crippen LogP contribution is -2.35. The topological polar surface area (TPSA) is 35.2 Å². The molecule has 1 aliphatic heterocycles. The lowest BCUT2D eigenvalue weighted by Gasteiger charge is -2.34. The fourth-order valence-corrected chi connectivity index (χ4v) is 5.59. The molecule has 5 heteroatoms. The molecule has 1 saturated heterocycles. The summed E-state index contributed by atoms with van der Waals surface area (Å²) in [5.74, 6) is 2.71. The van der Waals surface area contributed by atoms with E-state index in [1.54, 1.807) is 13.2 Å². The van der Waals surface area contributed by atoms with Crippen molar-refractivity contribution in [3.05, 3.63) is 29.6 Å². The second-order valence-electron chi connectivity index (χ2n) is 4.56. The van der Waals surface area contributed by atoms with Crippen LogP contribution in [0.5, 0.6) is 5.75 Å². The van der Waals surface area contributed by atoms with Crippen molar-refractivity contribution in [1.29, 1.82) is 0 Å². The molecule has 2 N–H and O–H groups in total. The van der Waals surface area contributed by atoms with Gasteiger partial charge in [0.15, 0.2) is 0 Å². The van der Waals surface area contributed by atoms with E-state index in [9.17, 15) is 4.39 Å². The predicted molar refractivity (Wildman–Crippen MR) is 82.7 cm³/mol. The molecule has 19 heavy (non-hydrogen) atoms. The number of halogens is 1. The Morgan fingerprint density at radius 3 is 2.84 bits per heavy atom. The maximum atomic E-state index is 13.5. The Kier molecular flexibility index (Phi) is 5.42. The van der Waals surface area contributed by atoms with Crippen LogP contribution in [-0.4, -0.2) is 29.1 Å². The van der Waals surface area contributed by atoms with E-state index in [1.165, 1.54) is 17.9 Å². The summed E-state index contributed by atoms with van der Waals surface area (Å²) in [4.78, 5) is 0. The normalized spacial score (nSPS) is 25.1. The molecular formula is C14H20FNOS2. The van der Waals surface area contributed by atoms with Gasteiger partial charge in [0.1, 0.15) is 11.6 Å². The number of hydrogen-bond donors (Lipinski definition) is 1. The maximum absolute atomic E-state index is 13.5. The molecule has 0 bridgehead atoms. The molecule has 0 aliphatic carbocycles. The van der Waals surface area contributed by atoms with E-state index in [1.807, 2.05) is 23.5 Å². The van der Waals surface area contributed by atoms with Gasteiger partial charge in [-0.3, -0.25) is 0 Å². The zero-order valence-corrected chi connectivity index (χ0v) is 12.9. The minimum Gasteiger partial charge on any atom is -0.496 e. The number of hydrogen-bond acceptors (Lipinski definition) is 4. The van der Waals surface area contributed by atoms with E-state index in [0.29, 0.717) is 16.2 Å². The quantitative estimate of drug-likeness (QED) is 0.924. The van der Waals surface area contributed by atoms with Crippen LogP contribution in [0.2, 0.25) is 0 Å². The lowest BCUT2D eigenvalue weighted by atomic mass is 10.00. The third kappa shape index (κ3) is 3.38. The van der Waals surface area contributed by atoms with E-state index in [-0.39, 0.29) is 11.9 Å². The summed E-state index contributed by atoms with van der Waals surface area (Å²) in [5.41, 5.74) is 7.18. The molecule has 2 rings (SSSR count). The largest absolute Gasteiger partial charge is 0.496 e. The van der Waals surface area contributed by atoms with Gasteiger partial charge in [0.25, 0.3) is 0 Å². The summed E-state index contributed by atoms with van der Waals surface area (Å²) in [6, 6.07) is 4.39. The van der Waals surface area contributed by atoms with E-state index in [0.717, 1.165) is 17.7 Å². The first-order chi connectivity index (χ1) is 9.17. The summed E-state index contributed by atoms with van der Waals surface area (Å²) in [6.45, 7) is 2.19. The monoisotopic (exact) mass is 301 g/mol. The van der Waals surface area contributed by atoms with Crippen LogP contribution in [0.4, 0.5) is 4.39 Å². The standard InChI is InChI=1S/C14H20FNOS2/c1-3-12-14(19-7-6-18-12)13(16)10-8-9(15)4-5-11(10)17-2/h4-5,8,12-14H,3,6-7,16H2,1-2H3. The zero-order chi connectivity index (χ0) is 13.8. The van der Waals surface area contributed by atoms with Crippen molar-refractivity contribution in [2.45, 2.75) is 29.9 Å². The highest BCUT2D eigenvalue weighted by molar-refractivity contribution is 8.07. The molecule has 1 aliphatic rings. The molecule has 1 fully saturated rings. The van der Waals surface area contributed by atoms with Crippen LogP contribution in [0, 0.1) is 5.82 Å². The molecule has 0 amide bonds. The van der Waals surface area contributed by atoms with Crippen LogP contribution in [0.1, 0.15) is 24.9 Å². The van der Waals surface area contributed by atoms with Gasteiger partial charge in [0.05, 0.1) is 7.11 Å². The number of benzene rings is 1. The van der Waals surface area contributed by atoms with Crippen molar-refractivity contribution >= 4 is 23.5 Å². The van der Waals surface area contributed by atoms with Crippen LogP contribution in [0.15, 0.2) is 18.2 Å². The predicted octanol–water partition coefficient (Wildman–Crippen LogP) is 3.46. The van der Waals surface area contributed by atoms with E-state index in [2.05, 4.69) is 6.92 Å². The van der Waals surface area contributed by atoms with Gasteiger partial charge in [-0.05, 0) is 24.6 Å². The molecular weight excluding hydrogens is 281 g/mol. The molecule has 3 unspecified atom stereocenters. The number of nitrogens with two attached hydrogens (primary N) is 1. The Morgan fingerprint density at radius 1 is 1.42 bits per heavy atom. The SMILES string of the molecule is CCC1SCCSC1C(N)c1cc(F)ccc1OC. The van der Waals surface area contributed by atoms with Gasteiger partial charge >= 0.3 is 0 Å². The molecule has 1 aromatic carbocycles. The van der Waals surface area contributed by atoms with Gasteiger partial charge in [-0.2, -0.15) is 23.5 Å². The summed E-state index contributed by atoms with van der Waals surface area (Å²) in [6.07, 6.45) is 1.09. The first-order valence-corrected chi connectivity index (χ1v) is 8.59. The first-order valence-electron chi connectivity index (χ1n) is 6.49. The van der Waals surface area contributed by atoms with Gasteiger partial charge in [-0.1, -0.05) is 6.92 Å². The van der Waals surface area contributed by atoms with Crippen LogP contribution < -0.4 is 10.5 Å². The third-order valence-electron chi connectivity index (χ3n) is 3.40. The van der Waals surface area contributed by atoms with Crippen LogP contribution in [0.3, 0.4) is 0 Å². The van der Waals surface area contributed by atoms with Gasteiger partial charge in [-0.15, -0.1) is 0 Å². The molecule has 3 atom stereocenters. The van der Waals surface area contributed by atoms with Gasteiger partial charge in [-0.25, -0.2) is 4.39 Å². The summed E-state index contributed by atoms with van der Waals surface area (Å²) >= 11 is 3.88.